The molecule has 34 heavy (non-hydrogen) atoms. The van der Waals surface area contributed by atoms with Gasteiger partial charge in [-0.2, -0.15) is 0 Å². The van der Waals surface area contributed by atoms with Crippen molar-refractivity contribution in [2.24, 2.45) is 0 Å². The predicted molar refractivity (Wildman–Crippen MR) is 134 cm³/mol. The van der Waals surface area contributed by atoms with Crippen LogP contribution in [0.2, 0.25) is 5.02 Å². The molecule has 0 unspecified atom stereocenters. The lowest BCUT2D eigenvalue weighted by Crippen LogP contribution is -2.51. The van der Waals surface area contributed by atoms with Crippen molar-refractivity contribution in [1.29, 1.82) is 0 Å². The van der Waals surface area contributed by atoms with E-state index in [0.29, 0.717) is 42.4 Å². The molecule has 2 aliphatic heterocycles. The van der Waals surface area contributed by atoms with E-state index in [1.807, 2.05) is 24.3 Å². The average Bonchev–Trinajstić information content (AvgIpc) is 3.60. The third kappa shape index (κ3) is 4.39. The number of carbonyl (C=O) groups excluding carboxylic acids is 2. The van der Waals surface area contributed by atoms with Gasteiger partial charge in [0.15, 0.2) is 0 Å². The molecule has 4 atom stereocenters. The monoisotopic (exact) mass is 481 g/mol. The highest BCUT2D eigenvalue weighted by Crippen LogP contribution is 2.45. The Hall–Kier alpha value is -2.64. The molecule has 3 heterocycles. The Morgan fingerprint density at radius 3 is 2.71 bits per heavy atom. The first-order chi connectivity index (χ1) is 16.3. The van der Waals surface area contributed by atoms with Crippen LogP contribution in [-0.2, 0) is 9.59 Å². The molecule has 2 aromatic rings. The van der Waals surface area contributed by atoms with E-state index in [4.69, 9.17) is 11.6 Å². The smallest absolute Gasteiger partial charge is 0.231 e. The van der Waals surface area contributed by atoms with Gasteiger partial charge in [-0.3, -0.25) is 9.59 Å². The molecule has 1 saturated carbocycles. The fourth-order valence-electron chi connectivity index (χ4n) is 5.42. The third-order valence-electron chi connectivity index (χ3n) is 7.21. The molecule has 3 aliphatic rings. The fourth-order valence-corrected chi connectivity index (χ4v) is 5.54. The number of hydrogen-bond donors (Lipinski definition) is 2. The summed E-state index contributed by atoms with van der Waals surface area (Å²) in [6.45, 7) is 8.34. The van der Waals surface area contributed by atoms with Crippen molar-refractivity contribution >= 4 is 34.9 Å². The molecular formula is C26H32ClN5O2. The van der Waals surface area contributed by atoms with Gasteiger partial charge in [-0.05, 0) is 36.1 Å². The molecule has 0 bridgehead atoms. The van der Waals surface area contributed by atoms with Gasteiger partial charge in [-0.1, -0.05) is 44.5 Å². The molecule has 1 aromatic heterocycles. The highest BCUT2D eigenvalue weighted by molar-refractivity contribution is 6.30. The first-order valence-corrected chi connectivity index (χ1v) is 12.6. The number of nitrogens with zero attached hydrogens (tertiary/aromatic N) is 3. The second-order valence-electron chi connectivity index (χ2n) is 10.0. The summed E-state index contributed by atoms with van der Waals surface area (Å²) in [4.78, 5) is 34.7. The van der Waals surface area contributed by atoms with Crippen LogP contribution in [0.5, 0.6) is 0 Å². The fraction of sp³-hybridized carbons (Fsp3) is 0.500. The maximum absolute atomic E-state index is 13.8. The van der Waals surface area contributed by atoms with Crippen LogP contribution in [0.1, 0.15) is 56.6 Å². The van der Waals surface area contributed by atoms with E-state index in [2.05, 4.69) is 52.3 Å². The summed E-state index contributed by atoms with van der Waals surface area (Å²) in [6.07, 6.45) is 3.22. The van der Waals surface area contributed by atoms with Crippen molar-refractivity contribution < 1.29 is 9.59 Å². The summed E-state index contributed by atoms with van der Waals surface area (Å²) in [7, 11) is 0. The Labute approximate surface area is 205 Å². The van der Waals surface area contributed by atoms with Gasteiger partial charge in [0, 0.05) is 54.6 Å². The van der Waals surface area contributed by atoms with Crippen molar-refractivity contribution in [3.63, 3.8) is 0 Å². The van der Waals surface area contributed by atoms with Crippen LogP contribution in [0.25, 0.3) is 0 Å². The SMILES string of the molecule is CC(C)NC[C@@H](C(=O)N1CCN(c2ccnc3c2[C@H](C)CC(=O)N3)[C@H]2C[C@H]21)c1ccc(Cl)cc1. The lowest BCUT2D eigenvalue weighted by atomic mass is 9.92. The summed E-state index contributed by atoms with van der Waals surface area (Å²) in [5.41, 5.74) is 3.26. The molecule has 2 amide bonds. The summed E-state index contributed by atoms with van der Waals surface area (Å²) in [5, 5.41) is 7.05. The van der Waals surface area contributed by atoms with Crippen LogP contribution >= 0.6 is 11.6 Å². The lowest BCUT2D eigenvalue weighted by molar-refractivity contribution is -0.133. The predicted octanol–water partition coefficient (Wildman–Crippen LogP) is 3.75. The summed E-state index contributed by atoms with van der Waals surface area (Å²) >= 11 is 6.10. The summed E-state index contributed by atoms with van der Waals surface area (Å²) in [6, 6.07) is 10.5. The highest BCUT2D eigenvalue weighted by atomic mass is 35.5. The zero-order valence-electron chi connectivity index (χ0n) is 19.9. The maximum atomic E-state index is 13.8. The Balaban J connectivity index is 1.35. The zero-order valence-corrected chi connectivity index (χ0v) is 20.7. The van der Waals surface area contributed by atoms with Gasteiger partial charge >= 0.3 is 0 Å². The van der Waals surface area contributed by atoms with E-state index in [9.17, 15) is 9.59 Å². The number of piperazine rings is 1. The van der Waals surface area contributed by atoms with E-state index in [1.54, 1.807) is 6.20 Å². The van der Waals surface area contributed by atoms with Crippen molar-refractivity contribution in [3.8, 4) is 0 Å². The lowest BCUT2D eigenvalue weighted by Gasteiger charge is -2.39. The number of aromatic nitrogens is 1. The van der Waals surface area contributed by atoms with Gasteiger partial charge in [0.05, 0.1) is 18.0 Å². The molecule has 5 rings (SSSR count). The minimum atomic E-state index is -0.239. The molecule has 1 aromatic carbocycles. The number of hydrogen-bond acceptors (Lipinski definition) is 5. The van der Waals surface area contributed by atoms with Crippen LogP contribution in [0.15, 0.2) is 36.5 Å². The van der Waals surface area contributed by atoms with Crippen LogP contribution in [0, 0.1) is 0 Å². The Morgan fingerprint density at radius 1 is 1.21 bits per heavy atom. The number of amides is 2. The van der Waals surface area contributed by atoms with Gasteiger partial charge in [0.2, 0.25) is 11.8 Å². The Morgan fingerprint density at radius 2 is 1.97 bits per heavy atom. The van der Waals surface area contributed by atoms with Crippen molar-refractivity contribution in [3.05, 3.63) is 52.7 Å². The minimum Gasteiger partial charge on any atom is -0.364 e. The number of carbonyl (C=O) groups is 2. The number of pyridine rings is 1. The van der Waals surface area contributed by atoms with Gasteiger partial charge in [-0.25, -0.2) is 4.98 Å². The van der Waals surface area contributed by atoms with Gasteiger partial charge < -0.3 is 20.4 Å². The normalized spacial score (nSPS) is 24.4. The molecular weight excluding hydrogens is 450 g/mol. The van der Waals surface area contributed by atoms with E-state index in [0.717, 1.165) is 29.8 Å². The number of rotatable bonds is 6. The molecule has 1 aliphatic carbocycles. The molecule has 2 N–H and O–H groups in total. The van der Waals surface area contributed by atoms with Gasteiger partial charge in [0.25, 0.3) is 0 Å². The summed E-state index contributed by atoms with van der Waals surface area (Å²) in [5.74, 6) is 0.768. The Kier molecular flexibility index (Phi) is 6.25. The topological polar surface area (TPSA) is 77.6 Å². The quantitative estimate of drug-likeness (QED) is 0.657. The van der Waals surface area contributed by atoms with Crippen molar-refractivity contribution in [1.82, 2.24) is 15.2 Å². The van der Waals surface area contributed by atoms with Crippen LogP contribution in [0.4, 0.5) is 11.5 Å². The van der Waals surface area contributed by atoms with Crippen LogP contribution in [0.3, 0.4) is 0 Å². The van der Waals surface area contributed by atoms with Crippen LogP contribution in [-0.4, -0.2) is 59.5 Å². The molecule has 8 heteroatoms. The number of fused-ring (bicyclic) bond motifs is 2. The first kappa shape index (κ1) is 23.1. The van der Waals surface area contributed by atoms with E-state index in [1.165, 1.54) is 0 Å². The van der Waals surface area contributed by atoms with E-state index in [-0.39, 0.29) is 29.7 Å². The molecule has 0 spiro atoms. The van der Waals surface area contributed by atoms with Crippen molar-refractivity contribution in [2.75, 3.05) is 29.9 Å². The Bertz CT molecular complexity index is 1090. The molecule has 1 saturated heterocycles. The maximum Gasteiger partial charge on any atom is 0.231 e. The largest absolute Gasteiger partial charge is 0.364 e. The first-order valence-electron chi connectivity index (χ1n) is 12.2. The summed E-state index contributed by atoms with van der Waals surface area (Å²) < 4.78 is 0. The van der Waals surface area contributed by atoms with E-state index < -0.39 is 0 Å². The number of benzene rings is 1. The van der Waals surface area contributed by atoms with Crippen molar-refractivity contribution in [2.45, 2.75) is 63.6 Å². The second kappa shape index (κ2) is 9.19. The van der Waals surface area contributed by atoms with Crippen LogP contribution < -0.4 is 15.5 Å². The number of halogens is 1. The van der Waals surface area contributed by atoms with Gasteiger partial charge in [0.1, 0.15) is 5.82 Å². The second-order valence-corrected chi connectivity index (χ2v) is 10.4. The molecule has 2 fully saturated rings. The zero-order chi connectivity index (χ0) is 24.0. The van der Waals surface area contributed by atoms with Gasteiger partial charge in [-0.15, -0.1) is 0 Å². The number of anilines is 2. The highest BCUT2D eigenvalue weighted by Gasteiger charge is 2.52. The molecule has 7 nitrogen and oxygen atoms in total. The average molecular weight is 482 g/mol. The molecule has 180 valence electrons. The third-order valence-corrected chi connectivity index (χ3v) is 7.46. The molecule has 0 radical (unpaired) electrons. The van der Waals surface area contributed by atoms with E-state index >= 15 is 0 Å². The minimum absolute atomic E-state index is 0.0209. The standard InChI is InChI=1S/C26H32ClN5O2/c1-15(2)29-14-19(17-4-6-18(27)7-5-17)26(34)32-11-10-31(21-13-22(21)32)20-8-9-28-25-24(20)16(3)12-23(33)30-25/h4-9,15-16,19,21-22,29H,10-14H2,1-3H3,(H,28,30,33)/t16-,19-,21+,22-/m1/s1. The number of nitrogens with one attached hydrogen (secondary N) is 2.